The van der Waals surface area contributed by atoms with Crippen LogP contribution in [0.2, 0.25) is 0 Å². The van der Waals surface area contributed by atoms with Crippen LogP contribution < -0.4 is 0 Å². The molecule has 0 amide bonds. The molecule has 0 heterocycles. The number of hydrogen-bond donors (Lipinski definition) is 0. The van der Waals surface area contributed by atoms with Gasteiger partial charge in [0.25, 0.3) is 0 Å². The van der Waals surface area contributed by atoms with Gasteiger partial charge in [0.15, 0.2) is 0 Å². The maximum Gasteiger partial charge on any atom is 0.0967 e. The molecule has 0 atom stereocenters. The van der Waals surface area contributed by atoms with E-state index in [4.69, 9.17) is 23.2 Å². The topological polar surface area (TPSA) is 0 Å². The van der Waals surface area contributed by atoms with Crippen molar-refractivity contribution < 1.29 is 0 Å². The molecule has 0 aromatic rings. The van der Waals surface area contributed by atoms with Crippen molar-refractivity contribution in [1.29, 1.82) is 0 Å². The van der Waals surface area contributed by atoms with Crippen molar-refractivity contribution in [3.8, 4) is 0 Å². The summed E-state index contributed by atoms with van der Waals surface area (Å²) in [7, 11) is 0. The molecule has 62 valence electrons. The van der Waals surface area contributed by atoms with E-state index in [1.54, 1.807) is 0 Å². The second kappa shape index (κ2) is 7.68. The van der Waals surface area contributed by atoms with Gasteiger partial charge in [-0.2, -0.15) is 0 Å². The summed E-state index contributed by atoms with van der Waals surface area (Å²) in [6.07, 6.45) is 7.44. The highest BCUT2D eigenvalue weighted by atomic mass is 35.5. The maximum atomic E-state index is 4.76. The Hall–Kier alpha value is 0.580. The van der Waals surface area contributed by atoms with Crippen molar-refractivity contribution in [3.63, 3.8) is 0 Å². The van der Waals surface area contributed by atoms with Gasteiger partial charge in [-0.15, -0.1) is 23.2 Å². The lowest BCUT2D eigenvalue weighted by atomic mass is 9.91. The van der Waals surface area contributed by atoms with Crippen molar-refractivity contribution in [1.82, 2.24) is 0 Å². The van der Waals surface area contributed by atoms with Crippen molar-refractivity contribution in [2.75, 3.05) is 5.34 Å². The Morgan fingerprint density at radius 2 is 1.50 bits per heavy atom. The SMILES string of the molecule is CC1CCCCC1.ClCCl. The molecule has 10 heavy (non-hydrogen) atoms. The highest BCUT2D eigenvalue weighted by Gasteiger charge is 2.05. The molecule has 0 saturated heterocycles. The molecule has 0 aliphatic heterocycles. The normalized spacial score (nSPS) is 19.5. The minimum Gasteiger partial charge on any atom is -0.109 e. The van der Waals surface area contributed by atoms with Crippen LogP contribution in [0.25, 0.3) is 0 Å². The molecule has 0 nitrogen and oxygen atoms in total. The minimum atomic E-state index is 0.194. The molecule has 0 aromatic carbocycles. The molecule has 1 saturated carbocycles. The number of halogens is 2. The predicted octanol–water partition coefficient (Wildman–Crippen LogP) is 4.01. The average Bonchev–Trinajstić information content (AvgIpc) is 1.91. The summed E-state index contributed by atoms with van der Waals surface area (Å²) in [4.78, 5) is 0. The molecule has 0 radical (unpaired) electrons. The van der Waals surface area contributed by atoms with Crippen molar-refractivity contribution in [2.24, 2.45) is 5.92 Å². The van der Waals surface area contributed by atoms with E-state index in [9.17, 15) is 0 Å². The largest absolute Gasteiger partial charge is 0.109 e. The highest BCUT2D eigenvalue weighted by Crippen LogP contribution is 2.21. The molecule has 1 fully saturated rings. The average molecular weight is 183 g/mol. The van der Waals surface area contributed by atoms with Crippen molar-refractivity contribution >= 4 is 23.2 Å². The summed E-state index contributed by atoms with van der Waals surface area (Å²) in [5.41, 5.74) is 0. The molecule has 1 rings (SSSR count). The van der Waals surface area contributed by atoms with Gasteiger partial charge in [0.2, 0.25) is 0 Å². The number of hydrogen-bond acceptors (Lipinski definition) is 0. The molecule has 2 heteroatoms. The second-order valence-electron chi connectivity index (χ2n) is 2.84. The summed E-state index contributed by atoms with van der Waals surface area (Å²) in [5.74, 6) is 1.04. The first-order valence-corrected chi connectivity index (χ1v) is 5.00. The molecule has 0 bridgehead atoms. The summed E-state index contributed by atoms with van der Waals surface area (Å²) < 4.78 is 0. The molecular weight excluding hydrogens is 167 g/mol. The molecule has 1 aliphatic rings. The van der Waals surface area contributed by atoms with Crippen LogP contribution in [-0.2, 0) is 0 Å². The first-order valence-electron chi connectivity index (χ1n) is 3.93. The van der Waals surface area contributed by atoms with Crippen molar-refractivity contribution in [2.45, 2.75) is 39.0 Å². The second-order valence-corrected chi connectivity index (χ2v) is 3.65. The summed E-state index contributed by atoms with van der Waals surface area (Å²) >= 11 is 9.53. The van der Waals surface area contributed by atoms with Gasteiger partial charge in [0, 0.05) is 0 Å². The van der Waals surface area contributed by atoms with Gasteiger partial charge < -0.3 is 0 Å². The van der Waals surface area contributed by atoms with Gasteiger partial charge in [-0.3, -0.25) is 0 Å². The van der Waals surface area contributed by atoms with Crippen LogP contribution in [0.1, 0.15) is 39.0 Å². The predicted molar refractivity (Wildman–Crippen MR) is 48.8 cm³/mol. The lowest BCUT2D eigenvalue weighted by Gasteiger charge is -2.15. The van der Waals surface area contributed by atoms with Gasteiger partial charge in [0.1, 0.15) is 0 Å². The fourth-order valence-electron chi connectivity index (χ4n) is 1.31. The Labute approximate surface area is 73.9 Å². The molecule has 0 aromatic heterocycles. The molecule has 1 aliphatic carbocycles. The van der Waals surface area contributed by atoms with Crippen molar-refractivity contribution in [3.05, 3.63) is 0 Å². The fraction of sp³-hybridized carbons (Fsp3) is 1.00. The van der Waals surface area contributed by atoms with Gasteiger partial charge in [-0.25, -0.2) is 0 Å². The quantitative estimate of drug-likeness (QED) is 0.498. The van der Waals surface area contributed by atoms with Crippen LogP contribution in [0, 0.1) is 5.92 Å². The Balaban J connectivity index is 0.000000236. The Bertz CT molecular complexity index is 58.3. The van der Waals surface area contributed by atoms with E-state index < -0.39 is 0 Å². The first-order chi connectivity index (χ1) is 4.81. The monoisotopic (exact) mass is 182 g/mol. The lowest BCUT2D eigenvalue weighted by Crippen LogP contribution is -1.99. The zero-order valence-electron chi connectivity index (χ0n) is 6.58. The van der Waals surface area contributed by atoms with Crippen LogP contribution >= 0.6 is 23.2 Å². The summed E-state index contributed by atoms with van der Waals surface area (Å²) in [6.45, 7) is 2.36. The third-order valence-corrected chi connectivity index (χ3v) is 1.89. The van der Waals surface area contributed by atoms with E-state index in [1.807, 2.05) is 0 Å². The Morgan fingerprint density at radius 1 is 1.10 bits per heavy atom. The third kappa shape index (κ3) is 6.70. The van der Waals surface area contributed by atoms with E-state index in [0.717, 1.165) is 5.92 Å². The van der Waals surface area contributed by atoms with Crippen LogP contribution in [-0.4, -0.2) is 5.34 Å². The summed E-state index contributed by atoms with van der Waals surface area (Å²) in [5, 5.41) is 0.194. The molecule has 0 unspecified atom stereocenters. The van der Waals surface area contributed by atoms with Gasteiger partial charge in [0.05, 0.1) is 5.34 Å². The summed E-state index contributed by atoms with van der Waals surface area (Å²) in [6, 6.07) is 0. The third-order valence-electron chi connectivity index (χ3n) is 1.89. The fourth-order valence-corrected chi connectivity index (χ4v) is 1.31. The van der Waals surface area contributed by atoms with E-state index >= 15 is 0 Å². The van der Waals surface area contributed by atoms with Gasteiger partial charge in [-0.05, 0) is 5.92 Å². The van der Waals surface area contributed by atoms with E-state index in [1.165, 1.54) is 32.1 Å². The van der Waals surface area contributed by atoms with E-state index in [-0.39, 0.29) is 5.34 Å². The zero-order chi connectivity index (χ0) is 7.82. The van der Waals surface area contributed by atoms with Crippen LogP contribution in [0.4, 0.5) is 0 Å². The first kappa shape index (κ1) is 10.6. The zero-order valence-corrected chi connectivity index (χ0v) is 8.09. The van der Waals surface area contributed by atoms with Gasteiger partial charge in [-0.1, -0.05) is 39.0 Å². The van der Waals surface area contributed by atoms with E-state index in [0.29, 0.717) is 0 Å². The number of alkyl halides is 2. The minimum absolute atomic E-state index is 0.194. The van der Waals surface area contributed by atoms with Crippen LogP contribution in [0.5, 0.6) is 0 Å². The van der Waals surface area contributed by atoms with E-state index in [2.05, 4.69) is 6.92 Å². The standard InChI is InChI=1S/C7H14.CH2Cl2/c1-7-5-3-2-4-6-7;2-1-3/h7H,2-6H2,1H3;1H2. The lowest BCUT2D eigenvalue weighted by molar-refractivity contribution is 0.385. The molecule has 0 spiro atoms. The van der Waals surface area contributed by atoms with Crippen LogP contribution in [0.3, 0.4) is 0 Å². The Kier molecular flexibility index (Phi) is 8.13. The molecule has 0 N–H and O–H groups in total. The smallest absolute Gasteiger partial charge is 0.0967 e. The Morgan fingerprint density at radius 3 is 1.70 bits per heavy atom. The maximum absolute atomic E-state index is 4.76. The molecular formula is C8H16Cl2. The highest BCUT2D eigenvalue weighted by molar-refractivity contribution is 6.40. The number of rotatable bonds is 0. The van der Waals surface area contributed by atoms with Gasteiger partial charge >= 0.3 is 0 Å². The van der Waals surface area contributed by atoms with Crippen LogP contribution in [0.15, 0.2) is 0 Å².